The number of nitrogens with zero attached hydrogens (tertiary/aromatic N) is 1. The van der Waals surface area contributed by atoms with Crippen LogP contribution in [0.1, 0.15) is 6.92 Å². The molecule has 0 bridgehead atoms. The number of thiol groups is 1. The summed E-state index contributed by atoms with van der Waals surface area (Å²) >= 11 is 9.75. The summed E-state index contributed by atoms with van der Waals surface area (Å²) in [5.41, 5.74) is 0.875. The Labute approximate surface area is 143 Å². The van der Waals surface area contributed by atoms with Gasteiger partial charge < -0.3 is 9.47 Å². The molecule has 20 heavy (non-hydrogen) atoms. The fourth-order valence-electron chi connectivity index (χ4n) is 1.67. The maximum atomic E-state index is 11.6. The quantitative estimate of drug-likeness (QED) is 0.323. The van der Waals surface area contributed by atoms with Crippen LogP contribution in [-0.2, 0) is 9.53 Å². The van der Waals surface area contributed by atoms with Gasteiger partial charge in [-0.15, -0.1) is 12.6 Å². The van der Waals surface area contributed by atoms with Crippen molar-refractivity contribution in [3.8, 4) is 5.75 Å². The highest BCUT2D eigenvalue weighted by Gasteiger charge is 2.32. The van der Waals surface area contributed by atoms with E-state index in [9.17, 15) is 4.79 Å². The molecule has 1 atom stereocenters. The second-order valence-electron chi connectivity index (χ2n) is 4.21. The van der Waals surface area contributed by atoms with Gasteiger partial charge in [0.15, 0.2) is 0 Å². The number of methoxy groups -OCH3 is 1. The van der Waals surface area contributed by atoms with E-state index in [4.69, 9.17) is 4.74 Å². The highest BCUT2D eigenvalue weighted by molar-refractivity contribution is 14.1. The zero-order valence-corrected chi connectivity index (χ0v) is 15.3. The first-order valence-electron chi connectivity index (χ1n) is 5.58. The van der Waals surface area contributed by atoms with E-state index in [-0.39, 0.29) is 0 Å². The SMILES string of the molecule is COC(=O)C(C)(S)Oc1cc(I)c2ncc(Br)cc2c1. The third-order valence-corrected chi connectivity index (χ3v) is 4.09. The molecule has 1 aromatic carbocycles. The lowest BCUT2D eigenvalue weighted by atomic mass is 10.2. The minimum Gasteiger partial charge on any atom is -0.466 e. The van der Waals surface area contributed by atoms with Gasteiger partial charge in [0, 0.05) is 19.6 Å². The van der Waals surface area contributed by atoms with E-state index >= 15 is 0 Å². The molecule has 0 aliphatic heterocycles. The number of carbonyl (C=O) groups is 1. The average molecular weight is 468 g/mol. The van der Waals surface area contributed by atoms with E-state index in [2.05, 4.69) is 60.9 Å². The smallest absolute Gasteiger partial charge is 0.360 e. The molecule has 0 saturated carbocycles. The first kappa shape index (κ1) is 15.8. The fraction of sp³-hybridized carbons (Fsp3) is 0.231. The number of ether oxygens (including phenoxy) is 2. The summed E-state index contributed by atoms with van der Waals surface area (Å²) < 4.78 is 12.1. The molecule has 1 aromatic heterocycles. The Morgan fingerprint density at radius 2 is 2.15 bits per heavy atom. The molecule has 0 N–H and O–H groups in total. The van der Waals surface area contributed by atoms with E-state index in [1.54, 1.807) is 12.3 Å². The summed E-state index contributed by atoms with van der Waals surface area (Å²) in [5, 5.41) is 0.912. The highest BCUT2D eigenvalue weighted by atomic mass is 127. The van der Waals surface area contributed by atoms with E-state index in [0.29, 0.717) is 5.75 Å². The number of aromatic nitrogens is 1. The first-order valence-corrected chi connectivity index (χ1v) is 7.90. The monoisotopic (exact) mass is 467 g/mol. The van der Waals surface area contributed by atoms with Crippen molar-refractivity contribution in [1.82, 2.24) is 4.98 Å². The molecule has 106 valence electrons. The maximum absolute atomic E-state index is 11.6. The second kappa shape index (κ2) is 6.07. The van der Waals surface area contributed by atoms with Gasteiger partial charge in [-0.1, -0.05) is 0 Å². The molecular formula is C13H11BrINO3S. The Kier molecular flexibility index (Phi) is 4.80. The summed E-state index contributed by atoms with van der Waals surface area (Å²) in [6.07, 6.45) is 1.74. The molecule has 1 heterocycles. The summed E-state index contributed by atoms with van der Waals surface area (Å²) in [6.45, 7) is 1.54. The van der Waals surface area contributed by atoms with Crippen LogP contribution in [-0.4, -0.2) is 23.0 Å². The van der Waals surface area contributed by atoms with Gasteiger partial charge in [-0.3, -0.25) is 4.98 Å². The van der Waals surface area contributed by atoms with Crippen LogP contribution in [0.5, 0.6) is 5.75 Å². The molecule has 0 aliphatic carbocycles. The van der Waals surface area contributed by atoms with Crippen molar-refractivity contribution >= 4 is 68.0 Å². The number of hydrogen-bond donors (Lipinski definition) is 1. The van der Waals surface area contributed by atoms with E-state index in [0.717, 1.165) is 18.9 Å². The molecule has 0 amide bonds. The van der Waals surface area contributed by atoms with Gasteiger partial charge >= 0.3 is 5.97 Å². The van der Waals surface area contributed by atoms with Crippen molar-refractivity contribution in [2.24, 2.45) is 0 Å². The number of rotatable bonds is 3. The fourth-order valence-corrected chi connectivity index (χ4v) is 2.98. The highest BCUT2D eigenvalue weighted by Crippen LogP contribution is 2.30. The topological polar surface area (TPSA) is 48.4 Å². The molecule has 0 spiro atoms. The molecule has 0 aliphatic rings. The lowest BCUT2D eigenvalue weighted by Gasteiger charge is -2.22. The lowest BCUT2D eigenvalue weighted by Crippen LogP contribution is -2.36. The molecule has 1 unspecified atom stereocenters. The standard InChI is InChI=1S/C13H11BrINO3S/c1-13(20,12(17)18-2)19-9-4-7-3-8(14)6-16-11(7)10(15)5-9/h3-6,20H,1-2H3. The average Bonchev–Trinajstić information content (AvgIpc) is 2.36. The van der Waals surface area contributed by atoms with Crippen LogP contribution >= 0.6 is 51.1 Å². The number of esters is 1. The molecule has 0 fully saturated rings. The predicted molar refractivity (Wildman–Crippen MR) is 92.2 cm³/mol. The number of pyridine rings is 1. The second-order valence-corrected chi connectivity index (χ2v) is 7.14. The van der Waals surface area contributed by atoms with Crippen molar-refractivity contribution in [2.45, 2.75) is 11.9 Å². The number of fused-ring (bicyclic) bond motifs is 1. The first-order chi connectivity index (χ1) is 9.33. The number of benzene rings is 1. The predicted octanol–water partition coefficient (Wildman–Crippen LogP) is 3.80. The molecular weight excluding hydrogens is 457 g/mol. The molecule has 4 nitrogen and oxygen atoms in total. The Bertz CT molecular complexity index is 678. The lowest BCUT2D eigenvalue weighted by molar-refractivity contribution is -0.150. The van der Waals surface area contributed by atoms with Crippen molar-refractivity contribution < 1.29 is 14.3 Å². The zero-order valence-electron chi connectivity index (χ0n) is 10.7. The molecule has 7 heteroatoms. The molecule has 2 rings (SSSR count). The van der Waals surface area contributed by atoms with E-state index < -0.39 is 10.9 Å². The molecule has 0 saturated heterocycles. The number of hydrogen-bond acceptors (Lipinski definition) is 5. The van der Waals surface area contributed by atoms with Gasteiger partial charge in [-0.05, 0) is 63.6 Å². The van der Waals surface area contributed by atoms with Crippen LogP contribution in [0.3, 0.4) is 0 Å². The van der Waals surface area contributed by atoms with Crippen LogP contribution in [0.25, 0.3) is 10.9 Å². The van der Waals surface area contributed by atoms with E-state index in [1.165, 1.54) is 14.0 Å². The van der Waals surface area contributed by atoms with Gasteiger partial charge in [-0.2, -0.15) is 0 Å². The minimum atomic E-state index is -1.34. The number of halogens is 2. The van der Waals surface area contributed by atoms with Gasteiger partial charge in [0.1, 0.15) is 5.75 Å². The van der Waals surface area contributed by atoms with Crippen LogP contribution < -0.4 is 4.74 Å². The van der Waals surface area contributed by atoms with Crippen LogP contribution in [0.2, 0.25) is 0 Å². The molecule has 0 radical (unpaired) electrons. The molecule has 2 aromatic rings. The van der Waals surface area contributed by atoms with Crippen LogP contribution in [0.15, 0.2) is 28.9 Å². The van der Waals surface area contributed by atoms with Gasteiger partial charge in [0.2, 0.25) is 4.93 Å². The largest absolute Gasteiger partial charge is 0.466 e. The van der Waals surface area contributed by atoms with Crippen LogP contribution in [0, 0.1) is 3.57 Å². The number of carbonyl (C=O) groups excluding carboxylic acids is 1. The Morgan fingerprint density at radius 1 is 1.45 bits per heavy atom. The zero-order chi connectivity index (χ0) is 14.9. The Hall–Kier alpha value is -0.540. The van der Waals surface area contributed by atoms with Crippen molar-refractivity contribution in [3.63, 3.8) is 0 Å². The van der Waals surface area contributed by atoms with Gasteiger partial charge in [-0.25, -0.2) is 4.79 Å². The Balaban J connectivity index is 2.43. The summed E-state index contributed by atoms with van der Waals surface area (Å²) in [5.74, 6) is -0.0204. The van der Waals surface area contributed by atoms with E-state index in [1.807, 2.05) is 12.1 Å². The van der Waals surface area contributed by atoms with Crippen molar-refractivity contribution in [1.29, 1.82) is 0 Å². The summed E-state index contributed by atoms with van der Waals surface area (Å²) in [7, 11) is 1.30. The van der Waals surface area contributed by atoms with Crippen LogP contribution in [0.4, 0.5) is 0 Å². The maximum Gasteiger partial charge on any atom is 0.360 e. The van der Waals surface area contributed by atoms with Crippen molar-refractivity contribution in [3.05, 3.63) is 32.4 Å². The van der Waals surface area contributed by atoms with Gasteiger partial charge in [0.25, 0.3) is 0 Å². The van der Waals surface area contributed by atoms with Gasteiger partial charge in [0.05, 0.1) is 12.6 Å². The normalized spacial score (nSPS) is 13.8. The van der Waals surface area contributed by atoms with Crippen molar-refractivity contribution in [2.75, 3.05) is 7.11 Å². The third kappa shape index (κ3) is 3.37. The Morgan fingerprint density at radius 3 is 2.80 bits per heavy atom. The summed E-state index contributed by atoms with van der Waals surface area (Å²) in [6, 6.07) is 5.55. The summed E-state index contributed by atoms with van der Waals surface area (Å²) in [4.78, 5) is 14.6. The minimum absolute atomic E-state index is 0.532. The third-order valence-electron chi connectivity index (χ3n) is 2.56.